The van der Waals surface area contributed by atoms with Gasteiger partial charge in [0.05, 0.1) is 16.7 Å². The van der Waals surface area contributed by atoms with E-state index in [4.69, 9.17) is 27.9 Å². The number of carbonyl (C=O) groups is 2. The molecule has 0 saturated carbocycles. The number of benzene rings is 3. The lowest BCUT2D eigenvalue weighted by molar-refractivity contribution is -0.152. The first-order chi connectivity index (χ1) is 16.0. The molecule has 0 heterocycles. The Hall–Kier alpha value is -3.34. The Morgan fingerprint density at radius 2 is 1.68 bits per heavy atom. The number of phenols is 1. The van der Waals surface area contributed by atoms with E-state index >= 15 is 0 Å². The maximum atomic E-state index is 14.1. The smallest absolute Gasteiger partial charge is 0.397 e. The highest BCUT2D eigenvalue weighted by Crippen LogP contribution is 2.41. The topological polar surface area (TPSA) is 119 Å². The largest absolute Gasteiger partial charge is 0.507 e. The fourth-order valence-electron chi connectivity index (χ4n) is 2.78. The molecule has 0 aliphatic rings. The minimum Gasteiger partial charge on any atom is -0.507 e. The van der Waals surface area contributed by atoms with Crippen LogP contribution in [0.5, 0.6) is 17.2 Å². The fraction of sp³-hybridized carbons (Fsp3) is 0.0909. The Bertz CT molecular complexity index is 1360. The summed E-state index contributed by atoms with van der Waals surface area (Å²) in [4.78, 5) is 22.0. The van der Waals surface area contributed by atoms with E-state index in [0.717, 1.165) is 24.3 Å². The van der Waals surface area contributed by atoms with E-state index in [2.05, 4.69) is 10.1 Å². The SMILES string of the molecule is CCOC(=O)C(=O)Nc1cc(Cl)c(Oc2ccc(O)c(S(=O)(=O)c3ccccc3F)c2)c(Cl)c1. The molecular formula is C22H16Cl2FNO7S. The van der Waals surface area contributed by atoms with Crippen molar-refractivity contribution in [2.75, 3.05) is 11.9 Å². The zero-order chi connectivity index (χ0) is 25.0. The van der Waals surface area contributed by atoms with Gasteiger partial charge in [0.2, 0.25) is 9.84 Å². The maximum Gasteiger partial charge on any atom is 0.397 e. The summed E-state index contributed by atoms with van der Waals surface area (Å²) in [5.41, 5.74) is 0.0777. The molecule has 1 amide bonds. The summed E-state index contributed by atoms with van der Waals surface area (Å²) < 4.78 is 50.0. The third-order valence-electron chi connectivity index (χ3n) is 4.28. The van der Waals surface area contributed by atoms with Crippen LogP contribution in [0.2, 0.25) is 10.0 Å². The van der Waals surface area contributed by atoms with E-state index < -0.39 is 43.1 Å². The highest BCUT2D eigenvalue weighted by Gasteiger charge is 2.26. The standard InChI is InChI=1S/C22H16Cl2FNO7S/c1-2-32-22(29)21(28)26-12-9-14(23)20(15(24)10-12)33-13-7-8-17(27)19(11-13)34(30,31)18-6-4-3-5-16(18)25/h3-11,27H,2H2,1H3,(H,26,28). The summed E-state index contributed by atoms with van der Waals surface area (Å²) in [6, 6.07) is 10.5. The molecule has 3 rings (SSSR count). The lowest BCUT2D eigenvalue weighted by Crippen LogP contribution is -2.24. The van der Waals surface area contributed by atoms with Crippen LogP contribution in [0.25, 0.3) is 0 Å². The molecule has 0 aliphatic heterocycles. The van der Waals surface area contributed by atoms with E-state index in [1.807, 2.05) is 0 Å². The number of rotatable bonds is 6. The number of aromatic hydroxyl groups is 1. The Morgan fingerprint density at radius 3 is 2.29 bits per heavy atom. The van der Waals surface area contributed by atoms with Gasteiger partial charge in [-0.15, -0.1) is 0 Å². The number of hydrogen-bond donors (Lipinski definition) is 2. The van der Waals surface area contributed by atoms with Crippen LogP contribution in [-0.2, 0) is 24.2 Å². The molecule has 0 fully saturated rings. The van der Waals surface area contributed by atoms with Crippen molar-refractivity contribution < 1.29 is 37.0 Å². The Labute approximate surface area is 203 Å². The zero-order valence-corrected chi connectivity index (χ0v) is 19.7. The van der Waals surface area contributed by atoms with Gasteiger partial charge in [-0.3, -0.25) is 4.79 Å². The predicted octanol–water partition coefficient (Wildman–Crippen LogP) is 4.96. The van der Waals surface area contributed by atoms with Gasteiger partial charge >= 0.3 is 11.9 Å². The third kappa shape index (κ3) is 5.41. The maximum absolute atomic E-state index is 14.1. The lowest BCUT2D eigenvalue weighted by Gasteiger charge is -2.14. The number of nitrogens with one attached hydrogen (secondary N) is 1. The monoisotopic (exact) mass is 527 g/mol. The van der Waals surface area contributed by atoms with Crippen LogP contribution in [0.15, 0.2) is 64.4 Å². The molecule has 8 nitrogen and oxygen atoms in total. The van der Waals surface area contributed by atoms with Crippen LogP contribution in [0.3, 0.4) is 0 Å². The Kier molecular flexibility index (Phi) is 7.65. The molecule has 0 radical (unpaired) electrons. The molecule has 34 heavy (non-hydrogen) atoms. The number of esters is 1. The van der Waals surface area contributed by atoms with Gasteiger partial charge in [-0.2, -0.15) is 0 Å². The van der Waals surface area contributed by atoms with Crippen molar-refractivity contribution in [1.82, 2.24) is 0 Å². The molecule has 2 N–H and O–H groups in total. The van der Waals surface area contributed by atoms with Gasteiger partial charge in [-0.05, 0) is 43.3 Å². The van der Waals surface area contributed by atoms with Gasteiger partial charge in [0.25, 0.3) is 0 Å². The van der Waals surface area contributed by atoms with Gasteiger partial charge in [-0.25, -0.2) is 17.6 Å². The second-order valence-electron chi connectivity index (χ2n) is 6.61. The van der Waals surface area contributed by atoms with Gasteiger partial charge in [0, 0.05) is 11.8 Å². The van der Waals surface area contributed by atoms with Crippen molar-refractivity contribution in [2.45, 2.75) is 16.7 Å². The average molecular weight is 528 g/mol. The lowest BCUT2D eigenvalue weighted by atomic mass is 10.2. The van der Waals surface area contributed by atoms with Crippen molar-refractivity contribution in [2.24, 2.45) is 0 Å². The number of anilines is 1. The number of phenolic OH excluding ortho intramolecular Hbond substituents is 1. The van der Waals surface area contributed by atoms with Gasteiger partial charge < -0.3 is 19.9 Å². The predicted molar refractivity (Wildman–Crippen MR) is 122 cm³/mol. The first kappa shape index (κ1) is 25.3. The number of carbonyl (C=O) groups excluding carboxylic acids is 2. The normalized spacial score (nSPS) is 11.1. The highest BCUT2D eigenvalue weighted by molar-refractivity contribution is 7.91. The molecule has 0 bridgehead atoms. The summed E-state index contributed by atoms with van der Waals surface area (Å²) in [6.45, 7) is 1.56. The Morgan fingerprint density at radius 1 is 1.03 bits per heavy atom. The van der Waals surface area contributed by atoms with Crippen molar-refractivity contribution >= 4 is 50.6 Å². The minimum absolute atomic E-state index is 0.0157. The number of halogens is 3. The van der Waals surface area contributed by atoms with Gasteiger partial charge in [-0.1, -0.05) is 35.3 Å². The molecule has 3 aromatic carbocycles. The van der Waals surface area contributed by atoms with E-state index in [1.54, 1.807) is 6.92 Å². The zero-order valence-electron chi connectivity index (χ0n) is 17.3. The molecule has 0 saturated heterocycles. The summed E-state index contributed by atoms with van der Waals surface area (Å²) in [7, 11) is -4.43. The van der Waals surface area contributed by atoms with Crippen LogP contribution >= 0.6 is 23.2 Å². The number of sulfone groups is 1. The van der Waals surface area contributed by atoms with Gasteiger partial charge in [0.1, 0.15) is 27.1 Å². The number of hydrogen-bond acceptors (Lipinski definition) is 7. The quantitative estimate of drug-likeness (QED) is 0.343. The van der Waals surface area contributed by atoms with E-state index in [9.17, 15) is 27.5 Å². The minimum atomic E-state index is -4.43. The van der Waals surface area contributed by atoms with E-state index in [-0.39, 0.29) is 33.8 Å². The van der Waals surface area contributed by atoms with E-state index in [1.165, 1.54) is 30.3 Å². The average Bonchev–Trinajstić information content (AvgIpc) is 2.77. The summed E-state index contributed by atoms with van der Waals surface area (Å²) in [5, 5.41) is 12.2. The number of amides is 1. The molecule has 178 valence electrons. The molecular weight excluding hydrogens is 512 g/mol. The van der Waals surface area contributed by atoms with Crippen LogP contribution < -0.4 is 10.1 Å². The molecule has 0 atom stereocenters. The van der Waals surface area contributed by atoms with Crippen molar-refractivity contribution in [1.29, 1.82) is 0 Å². The third-order valence-corrected chi connectivity index (χ3v) is 6.66. The van der Waals surface area contributed by atoms with E-state index in [0.29, 0.717) is 0 Å². The Balaban J connectivity index is 1.91. The molecule has 3 aromatic rings. The molecule has 0 unspecified atom stereocenters. The summed E-state index contributed by atoms with van der Waals surface area (Å²) in [6.07, 6.45) is 0. The second kappa shape index (κ2) is 10.3. The second-order valence-corrected chi connectivity index (χ2v) is 9.31. The first-order valence-electron chi connectivity index (χ1n) is 9.52. The summed E-state index contributed by atoms with van der Waals surface area (Å²) >= 11 is 12.4. The van der Waals surface area contributed by atoms with Crippen molar-refractivity contribution in [3.63, 3.8) is 0 Å². The van der Waals surface area contributed by atoms with Crippen molar-refractivity contribution in [3.05, 3.63) is 70.5 Å². The number of ether oxygens (including phenoxy) is 2. The van der Waals surface area contributed by atoms with Crippen LogP contribution in [0, 0.1) is 5.82 Å². The molecule has 0 spiro atoms. The van der Waals surface area contributed by atoms with Crippen LogP contribution in [-0.4, -0.2) is 32.0 Å². The highest BCUT2D eigenvalue weighted by atomic mass is 35.5. The van der Waals surface area contributed by atoms with Gasteiger partial charge in [0.15, 0.2) is 5.75 Å². The summed E-state index contributed by atoms with van der Waals surface area (Å²) in [5.74, 6) is -3.92. The van der Waals surface area contributed by atoms with Crippen LogP contribution in [0.1, 0.15) is 6.92 Å². The molecule has 0 aromatic heterocycles. The fourth-order valence-corrected chi connectivity index (χ4v) is 4.78. The molecule has 12 heteroatoms. The first-order valence-corrected chi connectivity index (χ1v) is 11.8. The molecule has 0 aliphatic carbocycles. The van der Waals surface area contributed by atoms with Crippen LogP contribution in [0.4, 0.5) is 10.1 Å². The van der Waals surface area contributed by atoms with Crippen molar-refractivity contribution in [3.8, 4) is 17.2 Å².